The molecule has 0 radical (unpaired) electrons. The van der Waals surface area contributed by atoms with Crippen molar-refractivity contribution in [2.24, 2.45) is 7.05 Å². The Kier molecular flexibility index (Phi) is 5.15. The van der Waals surface area contributed by atoms with E-state index in [0.717, 1.165) is 65.9 Å². The molecule has 7 heteroatoms. The Morgan fingerprint density at radius 3 is 2.72 bits per heavy atom. The third-order valence-corrected chi connectivity index (χ3v) is 5.95. The molecule has 0 aliphatic heterocycles. The van der Waals surface area contributed by atoms with Gasteiger partial charge >= 0.3 is 0 Å². The van der Waals surface area contributed by atoms with E-state index in [2.05, 4.69) is 17.3 Å². The Morgan fingerprint density at radius 1 is 1.34 bits per heavy atom. The van der Waals surface area contributed by atoms with Gasteiger partial charge in [-0.1, -0.05) is 13.3 Å². The maximum absolute atomic E-state index is 13.3. The highest BCUT2D eigenvalue weighted by atomic mass is 16.1. The minimum Gasteiger partial charge on any atom is -0.345 e. The average molecular weight is 395 g/mol. The fraction of sp³-hybridized carbons (Fsp3) is 0.545. The summed E-state index contributed by atoms with van der Waals surface area (Å²) in [5.41, 5.74) is 5.50. The van der Waals surface area contributed by atoms with Crippen molar-refractivity contribution in [3.8, 4) is 0 Å². The Bertz CT molecular complexity index is 1060. The molecule has 4 rings (SSSR count). The second-order valence-corrected chi connectivity index (χ2v) is 8.23. The molecule has 1 fully saturated rings. The van der Waals surface area contributed by atoms with Crippen molar-refractivity contribution in [1.82, 2.24) is 29.9 Å². The molecule has 1 unspecified atom stereocenters. The molecule has 0 saturated heterocycles. The van der Waals surface area contributed by atoms with Gasteiger partial charge in [-0.15, -0.1) is 0 Å². The Hall–Kier alpha value is -2.70. The Morgan fingerprint density at radius 2 is 2.10 bits per heavy atom. The van der Waals surface area contributed by atoms with Gasteiger partial charge in [0.15, 0.2) is 5.65 Å². The summed E-state index contributed by atoms with van der Waals surface area (Å²) in [5, 5.41) is 13.0. The third kappa shape index (κ3) is 3.66. The number of fused-ring (bicyclic) bond motifs is 1. The van der Waals surface area contributed by atoms with E-state index in [9.17, 15) is 4.79 Å². The summed E-state index contributed by atoms with van der Waals surface area (Å²) in [6.07, 6.45) is 6.26. The van der Waals surface area contributed by atoms with Gasteiger partial charge in [0, 0.05) is 36.5 Å². The first kappa shape index (κ1) is 19.6. The van der Waals surface area contributed by atoms with E-state index in [1.54, 1.807) is 0 Å². The lowest BCUT2D eigenvalue weighted by atomic mass is 10.1. The van der Waals surface area contributed by atoms with Crippen LogP contribution in [0.3, 0.4) is 0 Å². The summed E-state index contributed by atoms with van der Waals surface area (Å²) < 4.78 is 3.81. The number of hydrogen-bond donors (Lipinski definition) is 1. The summed E-state index contributed by atoms with van der Waals surface area (Å²) >= 11 is 0. The number of carbonyl (C=O) groups excluding carboxylic acids is 1. The van der Waals surface area contributed by atoms with E-state index in [4.69, 9.17) is 10.1 Å². The summed E-state index contributed by atoms with van der Waals surface area (Å²) in [5.74, 6) is 0.395. The van der Waals surface area contributed by atoms with Gasteiger partial charge in [-0.2, -0.15) is 10.2 Å². The molecule has 154 valence electrons. The van der Waals surface area contributed by atoms with E-state index in [-0.39, 0.29) is 11.9 Å². The van der Waals surface area contributed by atoms with E-state index in [1.165, 1.54) is 0 Å². The second-order valence-electron chi connectivity index (χ2n) is 8.23. The van der Waals surface area contributed by atoms with Crippen LogP contribution in [0, 0.1) is 13.8 Å². The Labute approximate surface area is 171 Å². The second kappa shape index (κ2) is 7.61. The maximum Gasteiger partial charge on any atom is 0.252 e. The highest BCUT2D eigenvalue weighted by Crippen LogP contribution is 2.40. The summed E-state index contributed by atoms with van der Waals surface area (Å²) in [6.45, 7) is 8.98. The molecule has 29 heavy (non-hydrogen) atoms. The molecule has 0 aromatic carbocycles. The molecular formula is C22H30N6O. The number of hydrogen-bond acceptors (Lipinski definition) is 4. The van der Waals surface area contributed by atoms with Crippen LogP contribution in [0.4, 0.5) is 0 Å². The first-order valence-corrected chi connectivity index (χ1v) is 10.6. The number of aromatic nitrogens is 5. The molecule has 3 aromatic heterocycles. The average Bonchev–Trinajstić information content (AvgIpc) is 3.43. The van der Waals surface area contributed by atoms with Crippen molar-refractivity contribution in [3.05, 3.63) is 40.5 Å². The molecule has 1 atom stereocenters. The van der Waals surface area contributed by atoms with E-state index < -0.39 is 0 Å². The lowest BCUT2D eigenvalue weighted by molar-refractivity contribution is 0.0941. The monoisotopic (exact) mass is 394 g/mol. The molecule has 1 saturated carbocycles. The van der Waals surface area contributed by atoms with Crippen molar-refractivity contribution in [1.29, 1.82) is 0 Å². The third-order valence-electron chi connectivity index (χ3n) is 5.95. The molecule has 1 aliphatic rings. The van der Waals surface area contributed by atoms with Gasteiger partial charge in [0.1, 0.15) is 0 Å². The number of unbranched alkanes of at least 4 members (excludes halogenated alkanes) is 1. The molecule has 1 amide bonds. The maximum atomic E-state index is 13.3. The fourth-order valence-corrected chi connectivity index (χ4v) is 3.90. The number of rotatable bonds is 7. The number of aryl methyl sites for hydroxylation is 3. The van der Waals surface area contributed by atoms with Gasteiger partial charge in [-0.05, 0) is 46.1 Å². The van der Waals surface area contributed by atoms with Gasteiger partial charge < -0.3 is 5.32 Å². The molecule has 1 aliphatic carbocycles. The number of nitrogens with one attached hydrogen (secondary N) is 1. The lowest BCUT2D eigenvalue weighted by Crippen LogP contribution is -2.27. The molecule has 7 nitrogen and oxygen atoms in total. The topological polar surface area (TPSA) is 77.6 Å². The first-order chi connectivity index (χ1) is 13.9. The Balaban J connectivity index is 1.72. The van der Waals surface area contributed by atoms with Crippen LogP contribution in [0.1, 0.15) is 84.5 Å². The van der Waals surface area contributed by atoms with Crippen LogP contribution in [0.25, 0.3) is 11.0 Å². The minimum absolute atomic E-state index is 0.0757. The van der Waals surface area contributed by atoms with E-state index in [0.29, 0.717) is 11.5 Å². The molecule has 1 N–H and O–H groups in total. The SMILES string of the molecule is CCCCn1nc(C)c2c(C(=O)NC(C)c3cnn(C)c3C)cc(C3CC3)nc21. The van der Waals surface area contributed by atoms with Crippen LogP contribution in [-0.4, -0.2) is 30.5 Å². The lowest BCUT2D eigenvalue weighted by Gasteiger charge is -2.15. The predicted molar refractivity (Wildman–Crippen MR) is 113 cm³/mol. The fourth-order valence-electron chi connectivity index (χ4n) is 3.90. The van der Waals surface area contributed by atoms with Gasteiger partial charge in [0.05, 0.1) is 28.9 Å². The van der Waals surface area contributed by atoms with E-state index >= 15 is 0 Å². The van der Waals surface area contributed by atoms with Crippen molar-refractivity contribution < 1.29 is 4.79 Å². The van der Waals surface area contributed by atoms with Crippen LogP contribution in [0.2, 0.25) is 0 Å². The highest BCUT2D eigenvalue weighted by molar-refractivity contribution is 6.06. The number of nitrogens with zero attached hydrogens (tertiary/aromatic N) is 5. The summed E-state index contributed by atoms with van der Waals surface area (Å²) in [6, 6.07) is 1.86. The quantitative estimate of drug-likeness (QED) is 0.658. The number of amides is 1. The molecular weight excluding hydrogens is 364 g/mol. The molecule has 0 spiro atoms. The van der Waals surface area contributed by atoms with Crippen molar-refractivity contribution in [3.63, 3.8) is 0 Å². The van der Waals surface area contributed by atoms with E-state index in [1.807, 2.05) is 49.4 Å². The normalized spacial score (nSPS) is 15.1. The van der Waals surface area contributed by atoms with Gasteiger partial charge in [-0.25, -0.2) is 9.67 Å². The van der Waals surface area contributed by atoms with Gasteiger partial charge in [0.2, 0.25) is 0 Å². The largest absolute Gasteiger partial charge is 0.345 e. The zero-order chi connectivity index (χ0) is 20.7. The van der Waals surface area contributed by atoms with Crippen molar-refractivity contribution in [2.75, 3.05) is 0 Å². The predicted octanol–water partition coefficient (Wildman–Crippen LogP) is 3.95. The van der Waals surface area contributed by atoms with Crippen LogP contribution in [-0.2, 0) is 13.6 Å². The zero-order valence-electron chi connectivity index (χ0n) is 18.0. The van der Waals surface area contributed by atoms with Crippen LogP contribution < -0.4 is 5.32 Å². The van der Waals surface area contributed by atoms with Gasteiger partial charge in [0.25, 0.3) is 5.91 Å². The number of carbonyl (C=O) groups is 1. The summed E-state index contributed by atoms with van der Waals surface area (Å²) in [4.78, 5) is 18.2. The molecule has 0 bridgehead atoms. The zero-order valence-corrected chi connectivity index (χ0v) is 18.0. The molecule has 3 aromatic rings. The van der Waals surface area contributed by atoms with Crippen molar-refractivity contribution in [2.45, 2.75) is 71.9 Å². The van der Waals surface area contributed by atoms with Crippen LogP contribution in [0.15, 0.2) is 12.3 Å². The molecule has 3 heterocycles. The van der Waals surface area contributed by atoms with Crippen LogP contribution >= 0.6 is 0 Å². The van der Waals surface area contributed by atoms with Crippen molar-refractivity contribution >= 4 is 16.9 Å². The number of pyridine rings is 1. The van der Waals surface area contributed by atoms with Gasteiger partial charge in [-0.3, -0.25) is 9.48 Å². The minimum atomic E-state index is -0.126. The summed E-state index contributed by atoms with van der Waals surface area (Å²) in [7, 11) is 1.91. The smallest absolute Gasteiger partial charge is 0.252 e. The van der Waals surface area contributed by atoms with Crippen LogP contribution in [0.5, 0.6) is 0 Å². The first-order valence-electron chi connectivity index (χ1n) is 10.6. The standard InChI is InChI=1S/C22H30N6O/c1-6-7-10-28-21-20(14(3)26-28)17(11-19(25-21)16-8-9-16)22(29)24-13(2)18-12-23-27(5)15(18)4/h11-13,16H,6-10H2,1-5H3,(H,24,29). The highest BCUT2D eigenvalue weighted by Gasteiger charge is 2.29.